The Hall–Kier alpha value is -3.15. The monoisotopic (exact) mass is 365 g/mol. The van der Waals surface area contributed by atoms with E-state index in [0.29, 0.717) is 23.9 Å². The van der Waals surface area contributed by atoms with E-state index in [2.05, 4.69) is 10.1 Å². The van der Waals surface area contributed by atoms with Crippen LogP contribution in [0.25, 0.3) is 11.4 Å². The second-order valence-electron chi connectivity index (χ2n) is 6.36. The molecule has 0 saturated carbocycles. The van der Waals surface area contributed by atoms with E-state index in [1.165, 1.54) is 0 Å². The maximum Gasteiger partial charge on any atom is 0.254 e. The van der Waals surface area contributed by atoms with Crippen LogP contribution in [-0.4, -0.2) is 33.6 Å². The van der Waals surface area contributed by atoms with Crippen LogP contribution in [-0.2, 0) is 6.54 Å². The van der Waals surface area contributed by atoms with E-state index < -0.39 is 0 Å². The van der Waals surface area contributed by atoms with Gasteiger partial charge in [-0.3, -0.25) is 4.79 Å². The number of rotatable bonds is 7. The minimum atomic E-state index is -0.0903. The van der Waals surface area contributed by atoms with Crippen molar-refractivity contribution in [3.05, 3.63) is 66.1 Å². The normalized spacial score (nSPS) is 10.8. The SMILES string of the molecule is CCOc1ccc(C(=O)N(Cc2nc(-c3ccccc3)no2)C(C)C)cc1. The molecular weight excluding hydrogens is 342 g/mol. The standard InChI is InChI=1S/C21H23N3O3/c1-4-26-18-12-10-17(11-13-18)21(25)24(15(2)3)14-19-22-20(23-27-19)16-8-6-5-7-9-16/h5-13,15H,4,14H2,1-3H3. The molecule has 3 aromatic rings. The minimum Gasteiger partial charge on any atom is -0.494 e. The van der Waals surface area contributed by atoms with Gasteiger partial charge in [0.05, 0.1) is 6.61 Å². The van der Waals surface area contributed by atoms with Gasteiger partial charge in [0, 0.05) is 17.2 Å². The molecule has 0 saturated heterocycles. The first kappa shape index (κ1) is 18.6. The van der Waals surface area contributed by atoms with Gasteiger partial charge in [-0.1, -0.05) is 35.5 Å². The summed E-state index contributed by atoms with van der Waals surface area (Å²) in [6.45, 7) is 6.69. The second-order valence-corrected chi connectivity index (χ2v) is 6.36. The summed E-state index contributed by atoms with van der Waals surface area (Å²) in [5.74, 6) is 1.58. The zero-order valence-electron chi connectivity index (χ0n) is 15.8. The van der Waals surface area contributed by atoms with Crippen LogP contribution in [0.3, 0.4) is 0 Å². The lowest BCUT2D eigenvalue weighted by Gasteiger charge is -2.25. The molecule has 1 heterocycles. The summed E-state index contributed by atoms with van der Waals surface area (Å²) >= 11 is 0. The average Bonchev–Trinajstić information content (AvgIpc) is 3.16. The van der Waals surface area contributed by atoms with Crippen molar-refractivity contribution < 1.29 is 14.1 Å². The summed E-state index contributed by atoms with van der Waals surface area (Å²) in [6.07, 6.45) is 0. The van der Waals surface area contributed by atoms with Gasteiger partial charge < -0.3 is 14.2 Å². The summed E-state index contributed by atoms with van der Waals surface area (Å²) < 4.78 is 10.8. The van der Waals surface area contributed by atoms with Crippen molar-refractivity contribution in [1.82, 2.24) is 15.0 Å². The molecule has 140 valence electrons. The zero-order valence-corrected chi connectivity index (χ0v) is 15.8. The van der Waals surface area contributed by atoms with Crippen LogP contribution in [0.4, 0.5) is 0 Å². The Morgan fingerprint density at radius 2 is 1.81 bits per heavy atom. The molecule has 27 heavy (non-hydrogen) atoms. The van der Waals surface area contributed by atoms with Crippen LogP contribution < -0.4 is 4.74 Å². The Labute approximate surface area is 158 Å². The summed E-state index contributed by atoms with van der Waals surface area (Å²) in [5, 5.41) is 4.02. The van der Waals surface area contributed by atoms with E-state index in [9.17, 15) is 4.79 Å². The third kappa shape index (κ3) is 4.53. The predicted molar refractivity (Wildman–Crippen MR) is 102 cm³/mol. The van der Waals surface area contributed by atoms with Crippen molar-refractivity contribution in [3.8, 4) is 17.1 Å². The third-order valence-corrected chi connectivity index (χ3v) is 4.10. The van der Waals surface area contributed by atoms with Crippen LogP contribution in [0, 0.1) is 0 Å². The number of carbonyl (C=O) groups is 1. The first-order chi connectivity index (χ1) is 13.1. The van der Waals surface area contributed by atoms with Gasteiger partial charge in [-0.05, 0) is 45.0 Å². The average molecular weight is 365 g/mol. The van der Waals surface area contributed by atoms with Crippen LogP contribution in [0.1, 0.15) is 37.0 Å². The van der Waals surface area contributed by atoms with Crippen molar-refractivity contribution in [2.45, 2.75) is 33.4 Å². The fourth-order valence-corrected chi connectivity index (χ4v) is 2.68. The zero-order chi connectivity index (χ0) is 19.2. The van der Waals surface area contributed by atoms with Gasteiger partial charge in [0.15, 0.2) is 0 Å². The lowest BCUT2D eigenvalue weighted by molar-refractivity contribution is 0.0667. The van der Waals surface area contributed by atoms with Crippen LogP contribution in [0.2, 0.25) is 0 Å². The second kappa shape index (κ2) is 8.49. The molecule has 0 aliphatic carbocycles. The molecule has 0 aliphatic heterocycles. The van der Waals surface area contributed by atoms with Gasteiger partial charge in [-0.25, -0.2) is 0 Å². The molecule has 0 bridgehead atoms. The van der Waals surface area contributed by atoms with Crippen molar-refractivity contribution in [3.63, 3.8) is 0 Å². The van der Waals surface area contributed by atoms with Gasteiger partial charge in [0.1, 0.15) is 12.3 Å². The van der Waals surface area contributed by atoms with Crippen LogP contribution >= 0.6 is 0 Å². The van der Waals surface area contributed by atoms with Crippen molar-refractivity contribution in [2.24, 2.45) is 0 Å². The molecule has 1 amide bonds. The maximum absolute atomic E-state index is 12.9. The van der Waals surface area contributed by atoms with Crippen molar-refractivity contribution >= 4 is 5.91 Å². The number of hydrogen-bond donors (Lipinski definition) is 0. The van der Waals surface area contributed by atoms with E-state index in [1.807, 2.05) is 51.1 Å². The lowest BCUT2D eigenvalue weighted by Crippen LogP contribution is -2.36. The minimum absolute atomic E-state index is 0.0175. The molecule has 0 aliphatic rings. The summed E-state index contributed by atoms with van der Waals surface area (Å²) in [7, 11) is 0. The smallest absolute Gasteiger partial charge is 0.254 e. The molecular formula is C21H23N3O3. The molecule has 0 N–H and O–H groups in total. The highest BCUT2D eigenvalue weighted by atomic mass is 16.5. The Morgan fingerprint density at radius 3 is 2.44 bits per heavy atom. The molecule has 2 aromatic carbocycles. The summed E-state index contributed by atoms with van der Waals surface area (Å²) in [6, 6.07) is 16.7. The summed E-state index contributed by atoms with van der Waals surface area (Å²) in [4.78, 5) is 19.1. The lowest BCUT2D eigenvalue weighted by atomic mass is 10.1. The largest absolute Gasteiger partial charge is 0.494 e. The molecule has 0 fully saturated rings. The maximum atomic E-state index is 12.9. The molecule has 0 spiro atoms. The highest BCUT2D eigenvalue weighted by molar-refractivity contribution is 5.94. The number of aromatic nitrogens is 2. The molecule has 0 radical (unpaired) electrons. The Bertz CT molecular complexity index is 873. The van der Waals surface area contributed by atoms with E-state index in [-0.39, 0.29) is 18.5 Å². The fraction of sp³-hybridized carbons (Fsp3) is 0.286. The Balaban J connectivity index is 1.76. The van der Waals surface area contributed by atoms with E-state index in [0.717, 1.165) is 11.3 Å². The van der Waals surface area contributed by atoms with Crippen molar-refractivity contribution in [2.75, 3.05) is 6.61 Å². The quantitative estimate of drug-likeness (QED) is 0.628. The predicted octanol–water partition coefficient (Wildman–Crippen LogP) is 4.19. The van der Waals surface area contributed by atoms with Gasteiger partial charge in [-0.2, -0.15) is 4.98 Å². The number of hydrogen-bond acceptors (Lipinski definition) is 5. The van der Waals surface area contributed by atoms with Gasteiger partial charge in [0.2, 0.25) is 11.7 Å². The topological polar surface area (TPSA) is 68.5 Å². The molecule has 3 rings (SSSR count). The van der Waals surface area contributed by atoms with Crippen LogP contribution in [0.5, 0.6) is 5.75 Å². The van der Waals surface area contributed by atoms with E-state index in [4.69, 9.17) is 9.26 Å². The van der Waals surface area contributed by atoms with Gasteiger partial charge in [0.25, 0.3) is 5.91 Å². The molecule has 0 unspecified atom stereocenters. The molecule has 6 nitrogen and oxygen atoms in total. The van der Waals surface area contributed by atoms with Crippen LogP contribution in [0.15, 0.2) is 59.1 Å². The molecule has 1 aromatic heterocycles. The van der Waals surface area contributed by atoms with Crippen molar-refractivity contribution in [1.29, 1.82) is 0 Å². The Kier molecular flexibility index (Phi) is 5.86. The molecule has 0 atom stereocenters. The third-order valence-electron chi connectivity index (χ3n) is 4.10. The van der Waals surface area contributed by atoms with E-state index in [1.54, 1.807) is 29.2 Å². The number of nitrogens with zero attached hydrogens (tertiary/aromatic N) is 3. The summed E-state index contributed by atoms with van der Waals surface area (Å²) in [5.41, 5.74) is 1.47. The number of amides is 1. The van der Waals surface area contributed by atoms with Gasteiger partial charge in [-0.15, -0.1) is 0 Å². The van der Waals surface area contributed by atoms with Gasteiger partial charge >= 0.3 is 0 Å². The highest BCUT2D eigenvalue weighted by Gasteiger charge is 2.22. The number of carbonyl (C=O) groups excluding carboxylic acids is 1. The highest BCUT2D eigenvalue weighted by Crippen LogP contribution is 2.19. The molecule has 6 heteroatoms. The number of ether oxygens (including phenoxy) is 1. The Morgan fingerprint density at radius 1 is 1.11 bits per heavy atom. The number of benzene rings is 2. The fourth-order valence-electron chi connectivity index (χ4n) is 2.68. The first-order valence-corrected chi connectivity index (χ1v) is 9.00. The first-order valence-electron chi connectivity index (χ1n) is 9.00. The van der Waals surface area contributed by atoms with E-state index >= 15 is 0 Å².